The summed E-state index contributed by atoms with van der Waals surface area (Å²) in [6.45, 7) is 1.89. The molecule has 1 aliphatic rings. The van der Waals surface area contributed by atoms with Crippen LogP contribution in [0.3, 0.4) is 0 Å². The summed E-state index contributed by atoms with van der Waals surface area (Å²) in [5, 5.41) is 12.8. The molecular weight excluding hydrogens is 354 g/mol. The van der Waals surface area contributed by atoms with Gasteiger partial charge in [-0.25, -0.2) is 0 Å². The molecule has 0 bridgehead atoms. The molecule has 1 aliphatic carbocycles. The van der Waals surface area contributed by atoms with E-state index in [-0.39, 0.29) is 18.1 Å². The normalized spacial score (nSPS) is 19.7. The smallest absolute Gasteiger partial charge is 0.317 e. The van der Waals surface area contributed by atoms with E-state index in [2.05, 4.69) is 0 Å². The average molecular weight is 371 g/mol. The second kappa shape index (κ2) is 7.61. The van der Waals surface area contributed by atoms with Crippen molar-refractivity contribution in [1.29, 1.82) is 0 Å². The lowest BCUT2D eigenvalue weighted by Crippen LogP contribution is -2.33. The highest BCUT2D eigenvalue weighted by atomic mass is 32.1. The Morgan fingerprint density at radius 3 is 2.62 bits per heavy atom. The molecule has 134 valence electrons. The molecule has 0 spiro atoms. The molecule has 1 aromatic carbocycles. The topological polar surface area (TPSA) is 86.5 Å². The average Bonchev–Trinajstić information content (AvgIpc) is 3.16. The Kier molecular flexibility index (Phi) is 5.27. The van der Waals surface area contributed by atoms with Crippen molar-refractivity contribution in [3.05, 3.63) is 68.4 Å². The molecular formula is C19H17NO5S. The van der Waals surface area contributed by atoms with Gasteiger partial charge in [-0.05, 0) is 42.0 Å². The lowest BCUT2D eigenvalue weighted by atomic mass is 9.74. The van der Waals surface area contributed by atoms with Crippen molar-refractivity contribution in [2.75, 3.05) is 6.61 Å². The number of non-ortho nitro benzene ring substituents is 1. The number of nitrogens with zero attached hydrogens (tertiary/aromatic N) is 1. The molecule has 7 heteroatoms. The van der Waals surface area contributed by atoms with Gasteiger partial charge in [-0.3, -0.25) is 19.7 Å². The van der Waals surface area contributed by atoms with E-state index < -0.39 is 22.7 Å². The van der Waals surface area contributed by atoms with Gasteiger partial charge < -0.3 is 4.74 Å². The summed E-state index contributed by atoms with van der Waals surface area (Å²) < 4.78 is 5.10. The van der Waals surface area contributed by atoms with Gasteiger partial charge >= 0.3 is 5.97 Å². The number of esters is 1. The first-order valence-corrected chi connectivity index (χ1v) is 9.08. The van der Waals surface area contributed by atoms with Crippen LogP contribution in [0.15, 0.2) is 47.9 Å². The SMILES string of the molecule is CCOC(=O)C1C(=O)C=C(c2cccs2)CC1c1ccc([N+](=O)[O-])cc1. The molecule has 0 saturated heterocycles. The summed E-state index contributed by atoms with van der Waals surface area (Å²) in [4.78, 5) is 36.5. The third-order valence-electron chi connectivity index (χ3n) is 4.38. The number of ketones is 1. The fourth-order valence-corrected chi connectivity index (χ4v) is 3.93. The van der Waals surface area contributed by atoms with E-state index in [0.29, 0.717) is 12.0 Å². The van der Waals surface area contributed by atoms with E-state index in [1.807, 2.05) is 17.5 Å². The second-order valence-electron chi connectivity index (χ2n) is 5.94. The standard InChI is InChI=1S/C19H17NO5S/c1-2-25-19(22)18-15(12-5-7-14(8-6-12)20(23)24)10-13(11-16(18)21)17-4-3-9-26-17/h3-9,11,15,18H,2,10H2,1H3. The summed E-state index contributed by atoms with van der Waals surface area (Å²) in [5.74, 6) is -2.19. The highest BCUT2D eigenvalue weighted by Gasteiger charge is 2.40. The number of hydrogen-bond acceptors (Lipinski definition) is 6. The zero-order valence-electron chi connectivity index (χ0n) is 14.1. The minimum Gasteiger partial charge on any atom is -0.465 e. The summed E-state index contributed by atoms with van der Waals surface area (Å²) >= 11 is 1.53. The predicted octanol–water partition coefficient (Wildman–Crippen LogP) is 3.98. The van der Waals surface area contributed by atoms with E-state index in [9.17, 15) is 19.7 Å². The van der Waals surface area contributed by atoms with Crippen LogP contribution in [0.25, 0.3) is 5.57 Å². The third-order valence-corrected chi connectivity index (χ3v) is 5.32. The van der Waals surface area contributed by atoms with Crippen LogP contribution in [0.4, 0.5) is 5.69 Å². The monoisotopic (exact) mass is 371 g/mol. The predicted molar refractivity (Wildman–Crippen MR) is 97.9 cm³/mol. The summed E-state index contributed by atoms with van der Waals surface area (Å²) in [6.07, 6.45) is 2.02. The highest BCUT2D eigenvalue weighted by molar-refractivity contribution is 7.11. The Morgan fingerprint density at radius 2 is 2.04 bits per heavy atom. The first-order chi connectivity index (χ1) is 12.5. The Labute approximate surface area is 154 Å². The molecule has 0 N–H and O–H groups in total. The Morgan fingerprint density at radius 1 is 1.31 bits per heavy atom. The molecule has 0 amide bonds. The molecule has 1 heterocycles. The number of ether oxygens (including phenoxy) is 1. The number of benzene rings is 1. The van der Waals surface area contributed by atoms with Crippen LogP contribution in [-0.2, 0) is 14.3 Å². The minimum atomic E-state index is -0.930. The summed E-state index contributed by atoms with van der Waals surface area (Å²) in [7, 11) is 0. The van der Waals surface area contributed by atoms with Crippen LogP contribution >= 0.6 is 11.3 Å². The molecule has 0 saturated carbocycles. The molecule has 1 aromatic heterocycles. The van der Waals surface area contributed by atoms with Gasteiger partial charge in [0, 0.05) is 22.9 Å². The Balaban J connectivity index is 1.99. The van der Waals surface area contributed by atoms with Crippen molar-refractivity contribution < 1.29 is 19.2 Å². The number of hydrogen-bond donors (Lipinski definition) is 0. The van der Waals surface area contributed by atoms with Crippen LogP contribution in [0.2, 0.25) is 0 Å². The summed E-state index contributed by atoms with van der Waals surface area (Å²) in [6, 6.07) is 9.85. The number of carbonyl (C=O) groups is 2. The van der Waals surface area contributed by atoms with Crippen LogP contribution < -0.4 is 0 Å². The van der Waals surface area contributed by atoms with Crippen LogP contribution in [-0.4, -0.2) is 23.3 Å². The van der Waals surface area contributed by atoms with Gasteiger partial charge in [-0.2, -0.15) is 0 Å². The van der Waals surface area contributed by atoms with Crippen LogP contribution in [0.1, 0.15) is 29.7 Å². The third kappa shape index (κ3) is 3.57. The maximum Gasteiger partial charge on any atom is 0.317 e. The van der Waals surface area contributed by atoms with E-state index >= 15 is 0 Å². The molecule has 2 aromatic rings. The highest BCUT2D eigenvalue weighted by Crippen LogP contribution is 2.41. The summed E-state index contributed by atoms with van der Waals surface area (Å²) in [5.41, 5.74) is 1.55. The molecule has 3 rings (SSSR count). The van der Waals surface area contributed by atoms with Gasteiger partial charge in [-0.15, -0.1) is 11.3 Å². The number of thiophene rings is 1. The number of rotatable bonds is 5. The molecule has 0 aliphatic heterocycles. The number of nitro benzene ring substituents is 1. The second-order valence-corrected chi connectivity index (χ2v) is 6.89. The fourth-order valence-electron chi connectivity index (χ4n) is 3.17. The maximum absolute atomic E-state index is 12.7. The van der Waals surface area contributed by atoms with Crippen molar-refractivity contribution >= 4 is 34.3 Å². The fraction of sp³-hybridized carbons (Fsp3) is 0.263. The van der Waals surface area contributed by atoms with Gasteiger partial charge in [0.05, 0.1) is 11.5 Å². The van der Waals surface area contributed by atoms with Crippen molar-refractivity contribution in [3.63, 3.8) is 0 Å². The molecule has 2 atom stereocenters. The van der Waals surface area contributed by atoms with Gasteiger partial charge in [0.2, 0.25) is 0 Å². The van der Waals surface area contributed by atoms with Crippen molar-refractivity contribution in [1.82, 2.24) is 0 Å². The molecule has 26 heavy (non-hydrogen) atoms. The van der Waals surface area contributed by atoms with Crippen LogP contribution in [0.5, 0.6) is 0 Å². The maximum atomic E-state index is 12.7. The van der Waals surface area contributed by atoms with E-state index in [1.54, 1.807) is 19.1 Å². The largest absolute Gasteiger partial charge is 0.465 e. The van der Waals surface area contributed by atoms with Gasteiger partial charge in [0.1, 0.15) is 5.92 Å². The van der Waals surface area contributed by atoms with E-state index in [4.69, 9.17) is 4.74 Å². The van der Waals surface area contributed by atoms with Crippen molar-refractivity contribution in [2.45, 2.75) is 19.3 Å². The van der Waals surface area contributed by atoms with Gasteiger partial charge in [0.15, 0.2) is 5.78 Å². The molecule has 2 unspecified atom stereocenters. The Bertz CT molecular complexity index is 855. The minimum absolute atomic E-state index is 0.0300. The zero-order valence-corrected chi connectivity index (χ0v) is 14.9. The molecule has 6 nitrogen and oxygen atoms in total. The van der Waals surface area contributed by atoms with Gasteiger partial charge in [0.25, 0.3) is 5.69 Å². The first kappa shape index (κ1) is 18.0. The Hall–Kier alpha value is -2.80. The number of carbonyl (C=O) groups excluding carboxylic acids is 2. The number of allylic oxidation sites excluding steroid dienone is 2. The van der Waals surface area contributed by atoms with Crippen molar-refractivity contribution in [2.24, 2.45) is 5.92 Å². The lowest BCUT2D eigenvalue weighted by Gasteiger charge is -2.29. The number of nitro groups is 1. The van der Waals surface area contributed by atoms with E-state index in [0.717, 1.165) is 10.5 Å². The van der Waals surface area contributed by atoms with Crippen LogP contribution in [0, 0.1) is 16.0 Å². The van der Waals surface area contributed by atoms with E-state index in [1.165, 1.54) is 29.5 Å². The first-order valence-electron chi connectivity index (χ1n) is 8.20. The van der Waals surface area contributed by atoms with Crippen molar-refractivity contribution in [3.8, 4) is 0 Å². The molecule has 0 fully saturated rings. The van der Waals surface area contributed by atoms with Gasteiger partial charge in [-0.1, -0.05) is 18.2 Å². The molecule has 0 radical (unpaired) electrons. The quantitative estimate of drug-likeness (QED) is 0.343. The zero-order chi connectivity index (χ0) is 18.7. The lowest BCUT2D eigenvalue weighted by molar-refractivity contribution is -0.384.